The fraction of sp³-hybridized carbons (Fsp3) is 0. The Morgan fingerprint density at radius 3 is 0.846 bits per heavy atom. The zero-order chi connectivity index (χ0) is 18.3. The van der Waals surface area contributed by atoms with Crippen molar-refractivity contribution in [3.05, 3.63) is 70.8 Å². The van der Waals surface area contributed by atoms with Crippen molar-refractivity contribution in [1.29, 1.82) is 0 Å². The van der Waals surface area contributed by atoms with Crippen molar-refractivity contribution in [2.45, 2.75) is 0 Å². The first-order valence-electron chi connectivity index (χ1n) is 6.28. The Bertz CT molecular complexity index is 678. The predicted octanol–water partition coefficient (Wildman–Crippen LogP) is -3.93. The minimum absolute atomic E-state index is 0. The number of hydrogen-bond donors (Lipinski definition) is 0. The molecule has 0 aromatic heterocycles. The van der Waals surface area contributed by atoms with Gasteiger partial charge in [-0.25, -0.2) is 0 Å². The van der Waals surface area contributed by atoms with E-state index in [-0.39, 0.29) is 68.4 Å². The van der Waals surface area contributed by atoms with Gasteiger partial charge in [-0.2, -0.15) is 0 Å². The standard InChI is InChI=1S/2C8H6O4.2Mg/c2*9-7(10)5-2-1-3-6(4-5)8(11)12;;/h2*1-4H,(H,9,10)(H,11,12);;/q;;2*+2/p-4. The molecule has 10 heteroatoms. The van der Waals surface area contributed by atoms with E-state index in [2.05, 4.69) is 0 Å². The summed E-state index contributed by atoms with van der Waals surface area (Å²) < 4.78 is 0. The summed E-state index contributed by atoms with van der Waals surface area (Å²) in [5.74, 6) is -5.62. The summed E-state index contributed by atoms with van der Waals surface area (Å²) in [5, 5.41) is 41.0. The van der Waals surface area contributed by atoms with Crippen molar-refractivity contribution in [3.8, 4) is 0 Å². The molecule has 2 aromatic carbocycles. The number of carbonyl (C=O) groups is 4. The van der Waals surface area contributed by atoms with Gasteiger partial charge in [0.2, 0.25) is 0 Å². The average molecular weight is 377 g/mol. The van der Waals surface area contributed by atoms with Gasteiger partial charge in [-0.05, 0) is 34.4 Å². The van der Waals surface area contributed by atoms with E-state index in [0.717, 1.165) is 12.1 Å². The van der Waals surface area contributed by atoms with E-state index < -0.39 is 23.9 Å². The van der Waals surface area contributed by atoms with Crippen molar-refractivity contribution in [3.63, 3.8) is 0 Å². The second kappa shape index (κ2) is 12.2. The molecule has 0 aliphatic rings. The van der Waals surface area contributed by atoms with E-state index in [1.54, 1.807) is 0 Å². The van der Waals surface area contributed by atoms with Gasteiger partial charge in [0, 0.05) is 0 Å². The second-order valence-electron chi connectivity index (χ2n) is 4.31. The number of carboxylic acids is 4. The smallest absolute Gasteiger partial charge is 0.545 e. The maximum atomic E-state index is 10.3. The molecule has 0 atom stereocenters. The fourth-order valence-corrected chi connectivity index (χ4v) is 1.55. The van der Waals surface area contributed by atoms with Gasteiger partial charge in [-0.3, -0.25) is 0 Å². The van der Waals surface area contributed by atoms with Crippen LogP contribution in [0.5, 0.6) is 0 Å². The number of aromatic carboxylic acids is 4. The molecule has 0 unspecified atom stereocenters. The predicted molar refractivity (Wildman–Crippen MR) is 81.7 cm³/mol. The quantitative estimate of drug-likeness (QED) is 0.488. The number of carbonyl (C=O) groups excluding carboxylic acids is 4. The molecule has 0 N–H and O–H groups in total. The molecule has 8 nitrogen and oxygen atoms in total. The molecule has 0 saturated heterocycles. The minimum atomic E-state index is -1.40. The van der Waals surface area contributed by atoms with Crippen LogP contribution in [-0.2, 0) is 0 Å². The third kappa shape index (κ3) is 8.29. The number of carboxylic acid groups (broad SMARTS) is 4. The normalized spacial score (nSPS) is 8.62. The van der Waals surface area contributed by atoms with Gasteiger partial charge in [-0.15, -0.1) is 0 Å². The van der Waals surface area contributed by atoms with Crippen LogP contribution in [0.25, 0.3) is 0 Å². The van der Waals surface area contributed by atoms with Gasteiger partial charge in [0.1, 0.15) is 0 Å². The SMILES string of the molecule is O=C([O-])c1cccc(C(=O)[O-])c1.O=C([O-])c1cccc(C(=O)[O-])c1.[Mg+2].[Mg+2]. The first-order valence-corrected chi connectivity index (χ1v) is 6.28. The Hall–Kier alpha value is -2.15. The maximum absolute atomic E-state index is 10.3. The largest absolute Gasteiger partial charge is 2.00 e. The molecule has 0 spiro atoms. The van der Waals surface area contributed by atoms with Crippen LogP contribution < -0.4 is 20.4 Å². The third-order valence-electron chi connectivity index (χ3n) is 2.67. The van der Waals surface area contributed by atoms with Gasteiger partial charge in [0.15, 0.2) is 0 Å². The van der Waals surface area contributed by atoms with E-state index in [0.29, 0.717) is 0 Å². The molecule has 0 bridgehead atoms. The van der Waals surface area contributed by atoms with Crippen molar-refractivity contribution >= 4 is 70.0 Å². The Morgan fingerprint density at radius 2 is 0.692 bits per heavy atom. The molecule has 0 saturated carbocycles. The number of rotatable bonds is 4. The van der Waals surface area contributed by atoms with Crippen molar-refractivity contribution < 1.29 is 39.6 Å². The molecule has 0 amide bonds. The fourth-order valence-electron chi connectivity index (χ4n) is 1.55. The monoisotopic (exact) mass is 376 g/mol. The summed E-state index contributed by atoms with van der Waals surface area (Å²) in [6.45, 7) is 0. The summed E-state index contributed by atoms with van der Waals surface area (Å²) in [7, 11) is 0. The third-order valence-corrected chi connectivity index (χ3v) is 2.67. The van der Waals surface area contributed by atoms with E-state index in [1.807, 2.05) is 0 Å². The van der Waals surface area contributed by atoms with Crippen LogP contribution in [0.4, 0.5) is 0 Å². The molecule has 0 heterocycles. The number of benzene rings is 2. The molecule has 2 aromatic rings. The molecule has 2 rings (SSSR count). The molecular formula is C16H8Mg2O8. The van der Waals surface area contributed by atoms with Crippen LogP contribution in [0.2, 0.25) is 0 Å². The molecule has 0 aliphatic carbocycles. The van der Waals surface area contributed by atoms with Crippen molar-refractivity contribution in [2.75, 3.05) is 0 Å². The van der Waals surface area contributed by atoms with E-state index >= 15 is 0 Å². The zero-order valence-electron chi connectivity index (χ0n) is 13.3. The number of hydrogen-bond acceptors (Lipinski definition) is 8. The summed E-state index contributed by atoms with van der Waals surface area (Å²) in [5.41, 5.74) is -0.679. The Balaban J connectivity index is 0. The Morgan fingerprint density at radius 1 is 0.500 bits per heavy atom. The summed E-state index contributed by atoms with van der Waals surface area (Å²) in [6.07, 6.45) is 0. The van der Waals surface area contributed by atoms with E-state index in [4.69, 9.17) is 0 Å². The molecule has 0 fully saturated rings. The summed E-state index contributed by atoms with van der Waals surface area (Å²) in [4.78, 5) is 41.0. The van der Waals surface area contributed by atoms with Crippen LogP contribution in [0.1, 0.15) is 41.4 Å². The van der Waals surface area contributed by atoms with Crippen molar-refractivity contribution in [1.82, 2.24) is 0 Å². The maximum Gasteiger partial charge on any atom is 2.00 e. The average Bonchev–Trinajstić information content (AvgIpc) is 2.55. The van der Waals surface area contributed by atoms with Gasteiger partial charge in [0.05, 0.1) is 23.9 Å². The van der Waals surface area contributed by atoms with Gasteiger partial charge >= 0.3 is 46.1 Å². The van der Waals surface area contributed by atoms with Crippen LogP contribution in [-0.4, -0.2) is 70.0 Å². The minimum Gasteiger partial charge on any atom is -0.545 e. The second-order valence-corrected chi connectivity index (χ2v) is 4.31. The van der Waals surface area contributed by atoms with E-state index in [1.165, 1.54) is 36.4 Å². The topological polar surface area (TPSA) is 161 Å². The summed E-state index contributed by atoms with van der Waals surface area (Å²) in [6, 6.07) is 9.62. The van der Waals surface area contributed by atoms with Gasteiger partial charge < -0.3 is 39.6 Å². The first-order chi connectivity index (χ1) is 11.2. The van der Waals surface area contributed by atoms with Gasteiger partial charge in [0.25, 0.3) is 0 Å². The van der Waals surface area contributed by atoms with Crippen LogP contribution in [0.15, 0.2) is 48.5 Å². The van der Waals surface area contributed by atoms with E-state index in [9.17, 15) is 39.6 Å². The van der Waals surface area contributed by atoms with Gasteiger partial charge in [-0.1, -0.05) is 36.4 Å². The van der Waals surface area contributed by atoms with Crippen molar-refractivity contribution in [2.24, 2.45) is 0 Å². The zero-order valence-corrected chi connectivity index (χ0v) is 16.1. The van der Waals surface area contributed by atoms with Crippen LogP contribution >= 0.6 is 0 Å². The molecule has 0 aliphatic heterocycles. The van der Waals surface area contributed by atoms with Crippen LogP contribution in [0.3, 0.4) is 0 Å². The Kier molecular flexibility index (Phi) is 12.3. The Labute approximate surface area is 179 Å². The molecule has 26 heavy (non-hydrogen) atoms. The molecule has 124 valence electrons. The molecule has 0 radical (unpaired) electrons. The van der Waals surface area contributed by atoms with Crippen LogP contribution in [0, 0.1) is 0 Å². The molecular weight excluding hydrogens is 369 g/mol. The summed E-state index contributed by atoms with van der Waals surface area (Å²) >= 11 is 0. The first kappa shape index (κ1) is 26.1.